The van der Waals surface area contributed by atoms with Crippen LogP contribution in [0, 0.1) is 0 Å². The van der Waals surface area contributed by atoms with E-state index in [4.69, 9.17) is 4.74 Å². The predicted molar refractivity (Wildman–Crippen MR) is 47.1 cm³/mol. The van der Waals surface area contributed by atoms with Crippen molar-refractivity contribution in [2.24, 2.45) is 0 Å². The molecular formula is C7H13IO. The summed E-state index contributed by atoms with van der Waals surface area (Å²) < 4.78 is 6.29. The fraction of sp³-hybridized carbons (Fsp3) is 1.00. The minimum Gasteiger partial charge on any atom is -0.374 e. The molecule has 0 radical (unpaired) electrons. The highest BCUT2D eigenvalue weighted by atomic mass is 127. The van der Waals surface area contributed by atoms with Gasteiger partial charge in [-0.1, -0.05) is 29.5 Å². The van der Waals surface area contributed by atoms with Gasteiger partial charge in [0.05, 0.1) is 12.2 Å². The SMILES string of the molecule is CC1CCC(C(C)I)O1. The maximum atomic E-state index is 5.62. The van der Waals surface area contributed by atoms with Gasteiger partial charge in [0, 0.05) is 3.92 Å². The number of halogens is 1. The summed E-state index contributed by atoms with van der Waals surface area (Å²) in [6.07, 6.45) is 3.54. The van der Waals surface area contributed by atoms with Crippen LogP contribution >= 0.6 is 22.6 Å². The van der Waals surface area contributed by atoms with Gasteiger partial charge in [0.15, 0.2) is 0 Å². The summed E-state index contributed by atoms with van der Waals surface area (Å²) in [6, 6.07) is 0. The van der Waals surface area contributed by atoms with Crippen molar-refractivity contribution in [3.63, 3.8) is 0 Å². The third kappa shape index (κ3) is 2.08. The first kappa shape index (κ1) is 7.79. The molecule has 2 heteroatoms. The number of rotatable bonds is 1. The Labute approximate surface area is 70.3 Å². The Morgan fingerprint density at radius 2 is 2.22 bits per heavy atom. The van der Waals surface area contributed by atoms with Crippen molar-refractivity contribution in [3.8, 4) is 0 Å². The van der Waals surface area contributed by atoms with Gasteiger partial charge in [0.1, 0.15) is 0 Å². The van der Waals surface area contributed by atoms with E-state index in [0.717, 1.165) is 0 Å². The van der Waals surface area contributed by atoms with Crippen molar-refractivity contribution in [2.75, 3.05) is 0 Å². The Bertz CT molecular complexity index is 92.9. The zero-order chi connectivity index (χ0) is 6.85. The van der Waals surface area contributed by atoms with E-state index in [1.165, 1.54) is 12.8 Å². The van der Waals surface area contributed by atoms with Crippen molar-refractivity contribution < 1.29 is 4.74 Å². The van der Waals surface area contributed by atoms with Gasteiger partial charge in [0.25, 0.3) is 0 Å². The molecule has 0 aromatic carbocycles. The third-order valence-electron chi connectivity index (χ3n) is 1.78. The Kier molecular flexibility index (Phi) is 2.76. The van der Waals surface area contributed by atoms with Gasteiger partial charge in [-0.25, -0.2) is 0 Å². The standard InChI is InChI=1S/C7H13IO/c1-5-3-4-7(9-5)6(2)8/h5-7H,3-4H2,1-2H3. The van der Waals surface area contributed by atoms with Crippen LogP contribution in [-0.2, 0) is 4.74 Å². The molecule has 54 valence electrons. The first-order chi connectivity index (χ1) is 4.20. The molecule has 1 fully saturated rings. The van der Waals surface area contributed by atoms with E-state index in [-0.39, 0.29) is 0 Å². The molecule has 0 spiro atoms. The van der Waals surface area contributed by atoms with Gasteiger partial charge in [0.2, 0.25) is 0 Å². The van der Waals surface area contributed by atoms with Crippen molar-refractivity contribution in [1.29, 1.82) is 0 Å². The summed E-state index contributed by atoms with van der Waals surface area (Å²) in [5.41, 5.74) is 0. The average Bonchev–Trinajstić information content (AvgIpc) is 2.14. The zero-order valence-corrected chi connectivity index (χ0v) is 8.09. The summed E-state index contributed by atoms with van der Waals surface area (Å²) in [5.74, 6) is 0. The molecule has 9 heavy (non-hydrogen) atoms. The van der Waals surface area contributed by atoms with Crippen LogP contribution in [0.2, 0.25) is 0 Å². The predicted octanol–water partition coefficient (Wildman–Crippen LogP) is 2.38. The molecule has 1 aliphatic rings. The smallest absolute Gasteiger partial charge is 0.0694 e. The molecule has 1 heterocycles. The van der Waals surface area contributed by atoms with Crippen LogP contribution in [0.25, 0.3) is 0 Å². The minimum atomic E-state index is 0.507. The molecule has 0 aromatic heterocycles. The van der Waals surface area contributed by atoms with Crippen LogP contribution in [0.3, 0.4) is 0 Å². The summed E-state index contributed by atoms with van der Waals surface area (Å²) in [6.45, 7) is 4.36. The Morgan fingerprint density at radius 3 is 2.44 bits per heavy atom. The van der Waals surface area contributed by atoms with Crippen LogP contribution < -0.4 is 0 Å². The lowest BCUT2D eigenvalue weighted by Crippen LogP contribution is -2.16. The molecule has 0 aromatic rings. The molecule has 0 bridgehead atoms. The fourth-order valence-electron chi connectivity index (χ4n) is 1.17. The van der Waals surface area contributed by atoms with Gasteiger partial charge in [-0.2, -0.15) is 0 Å². The minimum absolute atomic E-state index is 0.507. The largest absolute Gasteiger partial charge is 0.374 e. The molecule has 0 aliphatic carbocycles. The molecule has 0 saturated carbocycles. The van der Waals surface area contributed by atoms with Crippen LogP contribution in [-0.4, -0.2) is 16.1 Å². The summed E-state index contributed by atoms with van der Waals surface area (Å²) in [5, 5.41) is 0. The Hall–Kier alpha value is 0.690. The summed E-state index contributed by atoms with van der Waals surface area (Å²) >= 11 is 2.43. The number of hydrogen-bond donors (Lipinski definition) is 0. The van der Waals surface area contributed by atoms with Crippen molar-refractivity contribution in [3.05, 3.63) is 0 Å². The highest BCUT2D eigenvalue weighted by Crippen LogP contribution is 2.24. The molecule has 0 amide bonds. The summed E-state index contributed by atoms with van der Waals surface area (Å²) in [4.78, 5) is 0. The van der Waals surface area contributed by atoms with E-state index in [9.17, 15) is 0 Å². The summed E-state index contributed by atoms with van der Waals surface area (Å²) in [7, 11) is 0. The maximum Gasteiger partial charge on any atom is 0.0694 e. The van der Waals surface area contributed by atoms with Crippen molar-refractivity contribution in [1.82, 2.24) is 0 Å². The number of hydrogen-bond acceptors (Lipinski definition) is 1. The molecule has 3 unspecified atom stereocenters. The lowest BCUT2D eigenvalue weighted by Gasteiger charge is -2.12. The quantitative estimate of drug-likeness (QED) is 0.505. The topological polar surface area (TPSA) is 9.23 Å². The maximum absolute atomic E-state index is 5.62. The average molecular weight is 240 g/mol. The molecule has 3 atom stereocenters. The van der Waals surface area contributed by atoms with E-state index in [1.54, 1.807) is 0 Å². The second kappa shape index (κ2) is 3.19. The van der Waals surface area contributed by atoms with E-state index in [1.807, 2.05) is 0 Å². The van der Waals surface area contributed by atoms with Gasteiger partial charge in [-0.05, 0) is 19.8 Å². The van der Waals surface area contributed by atoms with Gasteiger partial charge < -0.3 is 4.74 Å². The normalized spacial score (nSPS) is 39.0. The fourth-order valence-corrected chi connectivity index (χ4v) is 1.70. The lowest BCUT2D eigenvalue weighted by molar-refractivity contribution is 0.0596. The molecule has 1 rings (SSSR count). The van der Waals surface area contributed by atoms with E-state index >= 15 is 0 Å². The first-order valence-electron chi connectivity index (χ1n) is 3.49. The third-order valence-corrected chi connectivity index (χ3v) is 2.58. The monoisotopic (exact) mass is 240 g/mol. The molecular weight excluding hydrogens is 227 g/mol. The highest BCUT2D eigenvalue weighted by molar-refractivity contribution is 14.1. The molecule has 1 saturated heterocycles. The zero-order valence-electron chi connectivity index (χ0n) is 5.93. The van der Waals surface area contributed by atoms with Crippen LogP contribution in [0.5, 0.6) is 0 Å². The van der Waals surface area contributed by atoms with E-state index in [0.29, 0.717) is 16.1 Å². The highest BCUT2D eigenvalue weighted by Gasteiger charge is 2.24. The lowest BCUT2D eigenvalue weighted by atomic mass is 10.2. The van der Waals surface area contributed by atoms with Gasteiger partial charge in [-0.3, -0.25) is 0 Å². The van der Waals surface area contributed by atoms with Crippen LogP contribution in [0.1, 0.15) is 26.7 Å². The first-order valence-corrected chi connectivity index (χ1v) is 4.74. The van der Waals surface area contributed by atoms with Gasteiger partial charge >= 0.3 is 0 Å². The van der Waals surface area contributed by atoms with Crippen molar-refractivity contribution >= 4 is 22.6 Å². The Balaban J connectivity index is 2.30. The molecule has 1 nitrogen and oxygen atoms in total. The Morgan fingerprint density at radius 1 is 1.56 bits per heavy atom. The number of ether oxygens (including phenoxy) is 1. The van der Waals surface area contributed by atoms with Crippen LogP contribution in [0.15, 0.2) is 0 Å². The number of alkyl halides is 1. The second-order valence-electron chi connectivity index (χ2n) is 2.74. The van der Waals surface area contributed by atoms with Crippen LogP contribution in [0.4, 0.5) is 0 Å². The van der Waals surface area contributed by atoms with E-state index < -0.39 is 0 Å². The van der Waals surface area contributed by atoms with Crippen molar-refractivity contribution in [2.45, 2.75) is 42.8 Å². The molecule has 1 aliphatic heterocycles. The second-order valence-corrected chi connectivity index (χ2v) is 4.70. The van der Waals surface area contributed by atoms with Gasteiger partial charge in [-0.15, -0.1) is 0 Å². The van der Waals surface area contributed by atoms with E-state index in [2.05, 4.69) is 36.4 Å². The molecule has 0 N–H and O–H groups in total.